The minimum absolute atomic E-state index is 0.00803. The number of ether oxygens (including phenoxy) is 2. The summed E-state index contributed by atoms with van der Waals surface area (Å²) in [6.07, 6.45) is 1.06. The van der Waals surface area contributed by atoms with E-state index in [2.05, 4.69) is 12.2 Å². The largest absolute Gasteiger partial charge is 0.486 e. The zero-order chi connectivity index (χ0) is 19.7. The van der Waals surface area contributed by atoms with Gasteiger partial charge in [0.2, 0.25) is 11.8 Å². The first-order chi connectivity index (χ1) is 13.6. The standard InChI is InChI=1S/C22H24N2O4/c1-3-15-6-4-5-14(2)21(15)24-13-16(11-20(24)25)22(26)23-17-7-8-18-19(12-17)28-10-9-27-18/h4-8,12,16H,3,9-11,13H2,1-2H3,(H,23,26). The molecule has 28 heavy (non-hydrogen) atoms. The van der Waals surface area contributed by atoms with E-state index in [4.69, 9.17) is 9.47 Å². The van der Waals surface area contributed by atoms with Crippen LogP contribution in [0.3, 0.4) is 0 Å². The first-order valence-corrected chi connectivity index (χ1v) is 9.66. The third-order valence-corrected chi connectivity index (χ3v) is 5.28. The van der Waals surface area contributed by atoms with Gasteiger partial charge in [-0.25, -0.2) is 0 Å². The first-order valence-electron chi connectivity index (χ1n) is 9.66. The molecule has 2 aliphatic heterocycles. The van der Waals surface area contributed by atoms with E-state index in [1.165, 1.54) is 0 Å². The van der Waals surface area contributed by atoms with Gasteiger partial charge in [0.15, 0.2) is 11.5 Å². The molecule has 0 bridgehead atoms. The Hall–Kier alpha value is -3.02. The van der Waals surface area contributed by atoms with Crippen LogP contribution in [0, 0.1) is 12.8 Å². The van der Waals surface area contributed by atoms with Crippen molar-refractivity contribution < 1.29 is 19.1 Å². The van der Waals surface area contributed by atoms with Crippen LogP contribution in [0.25, 0.3) is 0 Å². The van der Waals surface area contributed by atoms with Crippen LogP contribution in [0.2, 0.25) is 0 Å². The Bertz CT molecular complexity index is 925. The van der Waals surface area contributed by atoms with E-state index < -0.39 is 0 Å². The van der Waals surface area contributed by atoms with Crippen molar-refractivity contribution in [2.45, 2.75) is 26.7 Å². The highest BCUT2D eigenvalue weighted by atomic mass is 16.6. The molecule has 146 valence electrons. The van der Waals surface area contributed by atoms with Crippen molar-refractivity contribution in [1.82, 2.24) is 0 Å². The zero-order valence-corrected chi connectivity index (χ0v) is 16.2. The number of carbonyl (C=O) groups is 2. The molecule has 0 aliphatic carbocycles. The number of benzene rings is 2. The van der Waals surface area contributed by atoms with Gasteiger partial charge in [-0.05, 0) is 36.6 Å². The Morgan fingerprint density at radius 2 is 1.96 bits per heavy atom. The summed E-state index contributed by atoms with van der Waals surface area (Å²) in [6.45, 7) is 5.49. The van der Waals surface area contributed by atoms with Crippen molar-refractivity contribution in [1.29, 1.82) is 0 Å². The molecule has 2 aromatic rings. The monoisotopic (exact) mass is 380 g/mol. The summed E-state index contributed by atoms with van der Waals surface area (Å²) >= 11 is 0. The van der Waals surface area contributed by atoms with Crippen LogP contribution >= 0.6 is 0 Å². The normalized spacial score (nSPS) is 18.3. The van der Waals surface area contributed by atoms with E-state index in [1.807, 2.05) is 25.1 Å². The second-order valence-electron chi connectivity index (χ2n) is 7.19. The quantitative estimate of drug-likeness (QED) is 0.884. The molecule has 1 atom stereocenters. The molecule has 2 amide bonds. The molecule has 1 unspecified atom stereocenters. The predicted molar refractivity (Wildman–Crippen MR) is 107 cm³/mol. The second-order valence-corrected chi connectivity index (χ2v) is 7.19. The SMILES string of the molecule is CCc1cccc(C)c1N1CC(C(=O)Nc2ccc3c(c2)OCCO3)CC1=O. The number of hydrogen-bond donors (Lipinski definition) is 1. The van der Waals surface area contributed by atoms with Crippen LogP contribution < -0.4 is 19.7 Å². The fraction of sp³-hybridized carbons (Fsp3) is 0.364. The van der Waals surface area contributed by atoms with Crippen molar-refractivity contribution in [3.05, 3.63) is 47.5 Å². The molecule has 6 heteroatoms. The highest BCUT2D eigenvalue weighted by Gasteiger charge is 2.36. The number of fused-ring (bicyclic) bond motifs is 1. The van der Waals surface area contributed by atoms with Gasteiger partial charge in [0.1, 0.15) is 13.2 Å². The molecule has 0 aromatic heterocycles. The van der Waals surface area contributed by atoms with Crippen LogP contribution in [0.4, 0.5) is 11.4 Å². The molecule has 1 fully saturated rings. The van der Waals surface area contributed by atoms with Crippen LogP contribution in [-0.2, 0) is 16.0 Å². The fourth-order valence-electron chi connectivity index (χ4n) is 3.86. The van der Waals surface area contributed by atoms with Crippen LogP contribution in [-0.4, -0.2) is 31.6 Å². The predicted octanol–water partition coefficient (Wildman–Crippen LogP) is 3.32. The first kappa shape index (κ1) is 18.3. The Kier molecular flexibility index (Phi) is 4.94. The summed E-state index contributed by atoms with van der Waals surface area (Å²) in [4.78, 5) is 27.2. The molecule has 2 heterocycles. The van der Waals surface area contributed by atoms with Gasteiger partial charge in [-0.1, -0.05) is 25.1 Å². The van der Waals surface area contributed by atoms with Gasteiger partial charge in [0, 0.05) is 30.4 Å². The molecule has 2 aliphatic rings. The summed E-state index contributed by atoms with van der Waals surface area (Å²) < 4.78 is 11.1. The maximum Gasteiger partial charge on any atom is 0.229 e. The highest BCUT2D eigenvalue weighted by Crippen LogP contribution is 2.34. The van der Waals surface area contributed by atoms with E-state index in [9.17, 15) is 9.59 Å². The number of anilines is 2. The van der Waals surface area contributed by atoms with E-state index in [1.54, 1.807) is 23.1 Å². The van der Waals surface area contributed by atoms with Crippen molar-refractivity contribution in [2.75, 3.05) is 30.0 Å². The lowest BCUT2D eigenvalue weighted by Gasteiger charge is -2.22. The molecule has 0 radical (unpaired) electrons. The average Bonchev–Trinajstić information content (AvgIpc) is 3.09. The van der Waals surface area contributed by atoms with Crippen LogP contribution in [0.15, 0.2) is 36.4 Å². The number of nitrogens with zero attached hydrogens (tertiary/aromatic N) is 1. The number of nitrogens with one attached hydrogen (secondary N) is 1. The summed E-state index contributed by atoms with van der Waals surface area (Å²) in [5.41, 5.74) is 3.77. The topological polar surface area (TPSA) is 67.9 Å². The Morgan fingerprint density at radius 1 is 1.18 bits per heavy atom. The summed E-state index contributed by atoms with van der Waals surface area (Å²) in [5.74, 6) is 0.759. The lowest BCUT2D eigenvalue weighted by molar-refractivity contribution is -0.122. The zero-order valence-electron chi connectivity index (χ0n) is 16.2. The van der Waals surface area contributed by atoms with Gasteiger partial charge in [-0.2, -0.15) is 0 Å². The molecule has 6 nitrogen and oxygen atoms in total. The third-order valence-electron chi connectivity index (χ3n) is 5.28. The van der Waals surface area contributed by atoms with E-state index >= 15 is 0 Å². The second kappa shape index (κ2) is 7.54. The molecular formula is C22H24N2O4. The summed E-state index contributed by atoms with van der Waals surface area (Å²) in [6, 6.07) is 11.4. The smallest absolute Gasteiger partial charge is 0.229 e. The van der Waals surface area contributed by atoms with Crippen molar-refractivity contribution >= 4 is 23.2 Å². The molecule has 2 aromatic carbocycles. The Balaban J connectivity index is 1.49. The minimum Gasteiger partial charge on any atom is -0.486 e. The molecule has 0 saturated carbocycles. The van der Waals surface area contributed by atoms with Crippen LogP contribution in [0.1, 0.15) is 24.5 Å². The number of para-hydroxylation sites is 1. The number of carbonyl (C=O) groups excluding carboxylic acids is 2. The van der Waals surface area contributed by atoms with Gasteiger partial charge in [-0.15, -0.1) is 0 Å². The Morgan fingerprint density at radius 3 is 2.75 bits per heavy atom. The maximum atomic E-state index is 12.8. The van der Waals surface area contributed by atoms with Gasteiger partial charge in [-0.3, -0.25) is 9.59 Å². The van der Waals surface area contributed by atoms with Crippen molar-refractivity contribution in [3.63, 3.8) is 0 Å². The van der Waals surface area contributed by atoms with Crippen LogP contribution in [0.5, 0.6) is 11.5 Å². The van der Waals surface area contributed by atoms with E-state index in [0.29, 0.717) is 36.9 Å². The van der Waals surface area contributed by atoms with Gasteiger partial charge < -0.3 is 19.7 Å². The lowest BCUT2D eigenvalue weighted by Crippen LogP contribution is -2.29. The number of hydrogen-bond acceptors (Lipinski definition) is 4. The molecule has 1 saturated heterocycles. The fourth-order valence-corrected chi connectivity index (χ4v) is 3.86. The number of rotatable bonds is 4. The molecular weight excluding hydrogens is 356 g/mol. The van der Waals surface area contributed by atoms with E-state index in [-0.39, 0.29) is 24.2 Å². The lowest BCUT2D eigenvalue weighted by atomic mass is 10.0. The van der Waals surface area contributed by atoms with E-state index in [0.717, 1.165) is 23.2 Å². The minimum atomic E-state index is -0.384. The van der Waals surface area contributed by atoms with Gasteiger partial charge in [0.25, 0.3) is 0 Å². The van der Waals surface area contributed by atoms with Gasteiger partial charge in [0.05, 0.1) is 5.92 Å². The number of amides is 2. The maximum absolute atomic E-state index is 12.8. The van der Waals surface area contributed by atoms with Crippen molar-refractivity contribution in [3.8, 4) is 11.5 Å². The Labute approximate surface area is 164 Å². The molecule has 4 rings (SSSR count). The third kappa shape index (κ3) is 3.42. The molecule has 0 spiro atoms. The number of aryl methyl sites for hydroxylation is 2. The van der Waals surface area contributed by atoms with Crippen molar-refractivity contribution in [2.24, 2.45) is 5.92 Å². The average molecular weight is 380 g/mol. The summed E-state index contributed by atoms with van der Waals surface area (Å²) in [5, 5.41) is 2.92. The highest BCUT2D eigenvalue weighted by molar-refractivity contribution is 6.04. The molecule has 1 N–H and O–H groups in total. The summed E-state index contributed by atoms with van der Waals surface area (Å²) in [7, 11) is 0. The van der Waals surface area contributed by atoms with Gasteiger partial charge >= 0.3 is 0 Å².